The van der Waals surface area contributed by atoms with Crippen LogP contribution in [-0.4, -0.2) is 51.4 Å². The van der Waals surface area contributed by atoms with Gasteiger partial charge in [-0.2, -0.15) is 4.31 Å². The Kier molecular flexibility index (Phi) is 5.67. The van der Waals surface area contributed by atoms with Gasteiger partial charge in [0.1, 0.15) is 5.75 Å². The molecule has 1 heterocycles. The maximum atomic E-state index is 13.0. The number of piperazine rings is 1. The molecule has 3 rings (SSSR count). The quantitative estimate of drug-likeness (QED) is 0.812. The molecule has 0 aliphatic carbocycles. The number of rotatable bonds is 6. The highest BCUT2D eigenvalue weighted by atomic mass is 32.2. The molecule has 27 heavy (non-hydrogen) atoms. The lowest BCUT2D eigenvalue weighted by atomic mass is 10.2. The highest BCUT2D eigenvalue weighted by molar-refractivity contribution is 7.89. The highest BCUT2D eigenvalue weighted by Gasteiger charge is 2.29. The second-order valence-electron chi connectivity index (χ2n) is 6.18. The summed E-state index contributed by atoms with van der Waals surface area (Å²) in [6.07, 6.45) is 0. The lowest BCUT2D eigenvalue weighted by Gasteiger charge is -2.35. The van der Waals surface area contributed by atoms with Gasteiger partial charge in [-0.05, 0) is 37.3 Å². The van der Waals surface area contributed by atoms with E-state index < -0.39 is 15.9 Å². The van der Waals surface area contributed by atoms with Gasteiger partial charge in [-0.3, -0.25) is 4.79 Å². The Morgan fingerprint density at radius 3 is 2.33 bits per heavy atom. The summed E-state index contributed by atoms with van der Waals surface area (Å²) in [5.74, 6) is -0.428. The lowest BCUT2D eigenvalue weighted by molar-refractivity contribution is 0.0996. The first-order chi connectivity index (χ1) is 12.9. The molecule has 1 fully saturated rings. The van der Waals surface area contributed by atoms with Crippen LogP contribution in [0.5, 0.6) is 5.75 Å². The first-order valence-electron chi connectivity index (χ1n) is 8.80. The number of sulfonamides is 1. The fourth-order valence-corrected chi connectivity index (χ4v) is 4.57. The maximum Gasteiger partial charge on any atom is 0.252 e. The van der Waals surface area contributed by atoms with Gasteiger partial charge in [-0.15, -0.1) is 0 Å². The number of anilines is 1. The average Bonchev–Trinajstić information content (AvgIpc) is 2.69. The molecule has 0 aromatic heterocycles. The van der Waals surface area contributed by atoms with Crippen LogP contribution in [-0.2, 0) is 10.0 Å². The van der Waals surface area contributed by atoms with E-state index in [1.54, 1.807) is 6.92 Å². The predicted molar refractivity (Wildman–Crippen MR) is 104 cm³/mol. The van der Waals surface area contributed by atoms with Gasteiger partial charge in [0, 0.05) is 31.9 Å². The molecule has 1 amide bonds. The largest absolute Gasteiger partial charge is 0.493 e. The summed E-state index contributed by atoms with van der Waals surface area (Å²) in [6.45, 7) is 4.08. The molecule has 7 nitrogen and oxygen atoms in total. The predicted octanol–water partition coefficient (Wildman–Crippen LogP) is 1.70. The van der Waals surface area contributed by atoms with Crippen LogP contribution in [0.3, 0.4) is 0 Å². The van der Waals surface area contributed by atoms with E-state index in [1.165, 1.54) is 22.5 Å². The van der Waals surface area contributed by atoms with Gasteiger partial charge >= 0.3 is 0 Å². The van der Waals surface area contributed by atoms with E-state index in [1.807, 2.05) is 30.3 Å². The van der Waals surface area contributed by atoms with E-state index in [2.05, 4.69) is 4.90 Å². The number of hydrogen-bond donors (Lipinski definition) is 1. The Bertz CT molecular complexity index is 908. The number of ether oxygens (including phenoxy) is 1. The van der Waals surface area contributed by atoms with Crippen molar-refractivity contribution in [1.29, 1.82) is 0 Å². The fraction of sp³-hybridized carbons (Fsp3) is 0.316. The second-order valence-corrected chi connectivity index (χ2v) is 8.12. The summed E-state index contributed by atoms with van der Waals surface area (Å²) < 4.78 is 32.8. The molecule has 2 aromatic rings. The minimum absolute atomic E-state index is 0.0490. The van der Waals surface area contributed by atoms with Crippen molar-refractivity contribution in [1.82, 2.24) is 4.31 Å². The van der Waals surface area contributed by atoms with Gasteiger partial charge in [0.15, 0.2) is 0 Å². The minimum Gasteiger partial charge on any atom is -0.493 e. The molecule has 8 heteroatoms. The van der Waals surface area contributed by atoms with Crippen LogP contribution < -0.4 is 15.4 Å². The van der Waals surface area contributed by atoms with Crippen molar-refractivity contribution in [2.24, 2.45) is 5.73 Å². The van der Waals surface area contributed by atoms with Crippen molar-refractivity contribution in [2.45, 2.75) is 11.8 Å². The van der Waals surface area contributed by atoms with Crippen LogP contribution in [0, 0.1) is 0 Å². The zero-order valence-electron chi connectivity index (χ0n) is 15.2. The zero-order valence-corrected chi connectivity index (χ0v) is 16.0. The first-order valence-corrected chi connectivity index (χ1v) is 10.2. The smallest absolute Gasteiger partial charge is 0.252 e. The molecular weight excluding hydrogens is 366 g/mol. The lowest BCUT2D eigenvalue weighted by Crippen LogP contribution is -2.48. The van der Waals surface area contributed by atoms with E-state index in [9.17, 15) is 13.2 Å². The van der Waals surface area contributed by atoms with E-state index in [0.717, 1.165) is 5.69 Å². The summed E-state index contributed by atoms with van der Waals surface area (Å²) in [5, 5.41) is 0. The van der Waals surface area contributed by atoms with E-state index in [-0.39, 0.29) is 16.2 Å². The molecule has 2 N–H and O–H groups in total. The van der Waals surface area contributed by atoms with Gasteiger partial charge in [0.25, 0.3) is 5.91 Å². The second kappa shape index (κ2) is 7.98. The third-order valence-electron chi connectivity index (χ3n) is 4.51. The van der Waals surface area contributed by atoms with Crippen LogP contribution in [0.1, 0.15) is 17.3 Å². The number of primary amides is 1. The molecule has 2 aromatic carbocycles. The van der Waals surface area contributed by atoms with E-state index >= 15 is 0 Å². The molecule has 0 radical (unpaired) electrons. The zero-order chi connectivity index (χ0) is 19.4. The third-order valence-corrected chi connectivity index (χ3v) is 6.41. The number of hydrogen-bond acceptors (Lipinski definition) is 5. The van der Waals surface area contributed by atoms with Crippen LogP contribution in [0.4, 0.5) is 5.69 Å². The van der Waals surface area contributed by atoms with Gasteiger partial charge in [0.2, 0.25) is 10.0 Å². The monoisotopic (exact) mass is 389 g/mol. The normalized spacial score (nSPS) is 15.5. The average molecular weight is 389 g/mol. The van der Waals surface area contributed by atoms with Crippen molar-refractivity contribution in [3.8, 4) is 5.75 Å². The number of carbonyl (C=O) groups excluding carboxylic acids is 1. The molecule has 1 aliphatic heterocycles. The first kappa shape index (κ1) is 19.2. The molecule has 144 valence electrons. The van der Waals surface area contributed by atoms with Crippen molar-refractivity contribution in [3.63, 3.8) is 0 Å². The Morgan fingerprint density at radius 1 is 1.07 bits per heavy atom. The standard InChI is InChI=1S/C19H23N3O4S/c1-2-26-18-9-8-16(14-17(18)19(20)23)27(24,25)22-12-10-21(11-13-22)15-6-4-3-5-7-15/h3-9,14H,2,10-13H2,1H3,(H2,20,23). The highest BCUT2D eigenvalue weighted by Crippen LogP contribution is 2.26. The number of carbonyl (C=O) groups is 1. The van der Waals surface area contributed by atoms with Gasteiger partial charge in [0.05, 0.1) is 17.1 Å². The van der Waals surface area contributed by atoms with Gasteiger partial charge in [-0.25, -0.2) is 8.42 Å². The maximum absolute atomic E-state index is 13.0. The van der Waals surface area contributed by atoms with E-state index in [4.69, 9.17) is 10.5 Å². The molecule has 0 spiro atoms. The van der Waals surface area contributed by atoms with Crippen molar-refractivity contribution >= 4 is 21.6 Å². The SMILES string of the molecule is CCOc1ccc(S(=O)(=O)N2CCN(c3ccccc3)CC2)cc1C(N)=O. The van der Waals surface area contributed by atoms with Crippen molar-refractivity contribution in [2.75, 3.05) is 37.7 Å². The molecule has 0 unspecified atom stereocenters. The van der Waals surface area contributed by atoms with Crippen LogP contribution in [0.2, 0.25) is 0 Å². The summed E-state index contributed by atoms with van der Waals surface area (Å²) in [5.41, 5.74) is 6.53. The Morgan fingerprint density at radius 2 is 1.74 bits per heavy atom. The minimum atomic E-state index is -3.71. The number of para-hydroxylation sites is 1. The molecule has 1 aliphatic rings. The molecule has 0 atom stereocenters. The van der Waals surface area contributed by atoms with Crippen molar-refractivity contribution < 1.29 is 17.9 Å². The number of nitrogens with two attached hydrogens (primary N) is 1. The summed E-state index contributed by atoms with van der Waals surface area (Å²) in [6, 6.07) is 14.1. The van der Waals surface area contributed by atoms with E-state index in [0.29, 0.717) is 32.8 Å². The Hall–Kier alpha value is -2.58. The number of amides is 1. The number of nitrogens with zero attached hydrogens (tertiary/aromatic N) is 2. The van der Waals surface area contributed by atoms with Crippen LogP contribution >= 0.6 is 0 Å². The molecule has 0 bridgehead atoms. The molecule has 1 saturated heterocycles. The summed E-state index contributed by atoms with van der Waals surface area (Å²) in [4.78, 5) is 13.9. The third kappa shape index (κ3) is 4.06. The fourth-order valence-electron chi connectivity index (χ4n) is 3.12. The van der Waals surface area contributed by atoms with Gasteiger partial charge in [-0.1, -0.05) is 18.2 Å². The van der Waals surface area contributed by atoms with Crippen LogP contribution in [0.25, 0.3) is 0 Å². The number of benzene rings is 2. The molecular formula is C19H23N3O4S. The molecule has 0 saturated carbocycles. The summed E-state index contributed by atoms with van der Waals surface area (Å²) >= 11 is 0. The van der Waals surface area contributed by atoms with Crippen molar-refractivity contribution in [3.05, 3.63) is 54.1 Å². The Balaban J connectivity index is 1.79. The Labute approximate surface area is 159 Å². The van der Waals surface area contributed by atoms with Crippen LogP contribution in [0.15, 0.2) is 53.4 Å². The van der Waals surface area contributed by atoms with Gasteiger partial charge < -0.3 is 15.4 Å². The topological polar surface area (TPSA) is 92.9 Å². The summed E-state index contributed by atoms with van der Waals surface area (Å²) in [7, 11) is -3.71.